The van der Waals surface area contributed by atoms with E-state index in [0.29, 0.717) is 6.04 Å². The maximum atomic E-state index is 5.87. The molecule has 2 aromatic carbocycles. The molecule has 1 N–H and O–H groups in total. The van der Waals surface area contributed by atoms with Gasteiger partial charge < -0.3 is 10.1 Å². The predicted octanol–water partition coefficient (Wildman–Crippen LogP) is 5.15. The van der Waals surface area contributed by atoms with Crippen LogP contribution in [0, 0.1) is 0 Å². The van der Waals surface area contributed by atoms with E-state index in [9.17, 15) is 0 Å². The lowest BCUT2D eigenvalue weighted by molar-refractivity contribution is 0.459. The fourth-order valence-corrected chi connectivity index (χ4v) is 2.40. The van der Waals surface area contributed by atoms with Crippen LogP contribution in [0.2, 0.25) is 0 Å². The summed E-state index contributed by atoms with van der Waals surface area (Å²) in [7, 11) is 0. The van der Waals surface area contributed by atoms with Gasteiger partial charge in [-0.1, -0.05) is 50.6 Å². The predicted molar refractivity (Wildman–Crippen MR) is 88.8 cm³/mol. The Balaban J connectivity index is 1.94. The monoisotopic (exact) mass is 283 g/mol. The third-order valence-electron chi connectivity index (χ3n) is 3.60. The van der Waals surface area contributed by atoms with Gasteiger partial charge in [-0.25, -0.2) is 0 Å². The Morgan fingerprint density at radius 2 is 1.71 bits per heavy atom. The molecule has 2 aromatic rings. The van der Waals surface area contributed by atoms with Crippen molar-refractivity contribution in [1.82, 2.24) is 5.32 Å². The van der Waals surface area contributed by atoms with Gasteiger partial charge in [-0.3, -0.25) is 0 Å². The summed E-state index contributed by atoms with van der Waals surface area (Å²) in [5, 5.41) is 3.62. The molecular formula is C19H25NO. The van der Waals surface area contributed by atoms with Gasteiger partial charge in [-0.05, 0) is 42.7 Å². The molecule has 2 heteroatoms. The normalized spacial score (nSPS) is 12.1. The van der Waals surface area contributed by atoms with E-state index in [1.807, 2.05) is 36.4 Å². The van der Waals surface area contributed by atoms with Crippen molar-refractivity contribution in [2.24, 2.45) is 0 Å². The average molecular weight is 283 g/mol. The van der Waals surface area contributed by atoms with E-state index in [4.69, 9.17) is 4.74 Å². The van der Waals surface area contributed by atoms with E-state index in [1.165, 1.54) is 24.8 Å². The molecule has 1 atom stereocenters. The Kier molecular flexibility index (Phi) is 6.29. The molecule has 0 fully saturated rings. The van der Waals surface area contributed by atoms with Crippen LogP contribution < -0.4 is 10.1 Å². The second kappa shape index (κ2) is 8.48. The highest BCUT2D eigenvalue weighted by atomic mass is 16.5. The third-order valence-corrected chi connectivity index (χ3v) is 3.60. The van der Waals surface area contributed by atoms with Crippen molar-refractivity contribution in [3.05, 3.63) is 60.2 Å². The van der Waals surface area contributed by atoms with Crippen LogP contribution in [-0.2, 0) is 6.54 Å². The van der Waals surface area contributed by atoms with Gasteiger partial charge in [0.25, 0.3) is 0 Å². The lowest BCUT2D eigenvalue weighted by Crippen LogP contribution is -2.27. The standard InChI is InChI=1S/C19H25NO/c1-3-9-17(4-2)20-15-16-10-8-13-19(14-16)21-18-11-6-5-7-12-18/h5-8,10-14,17,20H,3-4,9,15H2,1-2H3. The Morgan fingerprint density at radius 1 is 0.952 bits per heavy atom. The van der Waals surface area contributed by atoms with Gasteiger partial charge in [0.05, 0.1) is 0 Å². The number of nitrogens with one attached hydrogen (secondary N) is 1. The van der Waals surface area contributed by atoms with Crippen molar-refractivity contribution in [3.63, 3.8) is 0 Å². The summed E-state index contributed by atoms with van der Waals surface area (Å²) in [6, 6.07) is 18.8. The molecule has 2 rings (SSSR count). The highest BCUT2D eigenvalue weighted by molar-refractivity contribution is 5.33. The fraction of sp³-hybridized carbons (Fsp3) is 0.368. The van der Waals surface area contributed by atoms with E-state index in [1.54, 1.807) is 0 Å². The molecule has 1 unspecified atom stereocenters. The maximum Gasteiger partial charge on any atom is 0.127 e. The van der Waals surface area contributed by atoms with E-state index in [-0.39, 0.29) is 0 Å². The smallest absolute Gasteiger partial charge is 0.127 e. The van der Waals surface area contributed by atoms with Crippen molar-refractivity contribution < 1.29 is 4.74 Å². The molecule has 0 amide bonds. The van der Waals surface area contributed by atoms with Crippen LogP contribution >= 0.6 is 0 Å². The summed E-state index contributed by atoms with van der Waals surface area (Å²) >= 11 is 0. The Morgan fingerprint density at radius 3 is 2.43 bits per heavy atom. The van der Waals surface area contributed by atoms with Gasteiger partial charge in [0.1, 0.15) is 11.5 Å². The Hall–Kier alpha value is -1.80. The summed E-state index contributed by atoms with van der Waals surface area (Å²) in [5.41, 5.74) is 1.26. The van der Waals surface area contributed by atoms with Crippen LogP contribution in [-0.4, -0.2) is 6.04 Å². The second-order valence-electron chi connectivity index (χ2n) is 5.34. The average Bonchev–Trinajstić information content (AvgIpc) is 2.53. The van der Waals surface area contributed by atoms with Gasteiger partial charge in [-0.15, -0.1) is 0 Å². The van der Waals surface area contributed by atoms with E-state index >= 15 is 0 Å². The van der Waals surface area contributed by atoms with Crippen LogP contribution in [0.25, 0.3) is 0 Å². The lowest BCUT2D eigenvalue weighted by atomic mass is 10.1. The molecule has 0 radical (unpaired) electrons. The Labute approximate surface area is 128 Å². The Bertz CT molecular complexity index is 524. The van der Waals surface area contributed by atoms with Gasteiger partial charge >= 0.3 is 0 Å². The van der Waals surface area contributed by atoms with Crippen molar-refractivity contribution in [3.8, 4) is 11.5 Å². The first-order chi connectivity index (χ1) is 10.3. The van der Waals surface area contributed by atoms with Crippen molar-refractivity contribution in [1.29, 1.82) is 0 Å². The molecular weight excluding hydrogens is 258 g/mol. The zero-order valence-electron chi connectivity index (χ0n) is 13.0. The molecule has 0 heterocycles. The van der Waals surface area contributed by atoms with Crippen LogP contribution in [0.3, 0.4) is 0 Å². The molecule has 112 valence electrons. The summed E-state index contributed by atoms with van der Waals surface area (Å²) < 4.78 is 5.87. The molecule has 0 saturated heterocycles. The molecule has 0 aliphatic rings. The zero-order chi connectivity index (χ0) is 14.9. The molecule has 2 nitrogen and oxygen atoms in total. The van der Waals surface area contributed by atoms with Gasteiger partial charge in [0.2, 0.25) is 0 Å². The first-order valence-electron chi connectivity index (χ1n) is 7.87. The first-order valence-corrected chi connectivity index (χ1v) is 7.87. The van der Waals surface area contributed by atoms with Gasteiger partial charge in [-0.2, -0.15) is 0 Å². The quantitative estimate of drug-likeness (QED) is 0.723. The number of hydrogen-bond acceptors (Lipinski definition) is 2. The summed E-state index contributed by atoms with van der Waals surface area (Å²) in [4.78, 5) is 0. The van der Waals surface area contributed by atoms with E-state index < -0.39 is 0 Å². The van der Waals surface area contributed by atoms with Gasteiger partial charge in [0.15, 0.2) is 0 Å². The number of para-hydroxylation sites is 1. The molecule has 0 bridgehead atoms. The lowest BCUT2D eigenvalue weighted by Gasteiger charge is -2.16. The van der Waals surface area contributed by atoms with Crippen LogP contribution in [0.15, 0.2) is 54.6 Å². The maximum absolute atomic E-state index is 5.87. The first kappa shape index (κ1) is 15.6. The molecule has 0 aliphatic heterocycles. The zero-order valence-corrected chi connectivity index (χ0v) is 13.0. The minimum absolute atomic E-state index is 0.605. The topological polar surface area (TPSA) is 21.3 Å². The minimum Gasteiger partial charge on any atom is -0.457 e. The molecule has 0 spiro atoms. The number of ether oxygens (including phenoxy) is 1. The molecule has 0 aliphatic carbocycles. The third kappa shape index (κ3) is 5.24. The van der Waals surface area contributed by atoms with Crippen molar-refractivity contribution in [2.75, 3.05) is 0 Å². The summed E-state index contributed by atoms with van der Waals surface area (Å²) in [6.07, 6.45) is 3.63. The van der Waals surface area contributed by atoms with Crippen molar-refractivity contribution >= 4 is 0 Å². The highest BCUT2D eigenvalue weighted by Crippen LogP contribution is 2.21. The number of benzene rings is 2. The van der Waals surface area contributed by atoms with Crippen LogP contribution in [0.4, 0.5) is 0 Å². The van der Waals surface area contributed by atoms with E-state index in [0.717, 1.165) is 18.0 Å². The fourth-order valence-electron chi connectivity index (χ4n) is 2.40. The number of rotatable bonds is 8. The molecule has 0 saturated carbocycles. The van der Waals surface area contributed by atoms with E-state index in [2.05, 4.69) is 37.4 Å². The SMILES string of the molecule is CCCC(CC)NCc1cccc(Oc2ccccc2)c1. The van der Waals surface area contributed by atoms with Crippen molar-refractivity contribution in [2.45, 2.75) is 45.7 Å². The van der Waals surface area contributed by atoms with Crippen LogP contribution in [0.5, 0.6) is 11.5 Å². The molecule has 0 aromatic heterocycles. The number of hydrogen-bond donors (Lipinski definition) is 1. The summed E-state index contributed by atoms with van der Waals surface area (Å²) in [5.74, 6) is 1.77. The van der Waals surface area contributed by atoms with Crippen LogP contribution in [0.1, 0.15) is 38.7 Å². The van der Waals surface area contributed by atoms with Gasteiger partial charge in [0, 0.05) is 12.6 Å². The largest absolute Gasteiger partial charge is 0.457 e. The summed E-state index contributed by atoms with van der Waals surface area (Å²) in [6.45, 7) is 5.37. The highest BCUT2D eigenvalue weighted by Gasteiger charge is 2.05. The minimum atomic E-state index is 0.605. The molecule has 21 heavy (non-hydrogen) atoms. The second-order valence-corrected chi connectivity index (χ2v) is 5.34.